The number of pyridine rings is 1. The maximum Gasteiger partial charge on any atom is 0.238 e. The molecule has 19 heavy (non-hydrogen) atoms. The largest absolute Gasteiger partial charge is 0.355 e. The predicted molar refractivity (Wildman–Crippen MR) is 74.3 cm³/mol. The van der Waals surface area contributed by atoms with Crippen molar-refractivity contribution in [3.05, 3.63) is 30.1 Å². The van der Waals surface area contributed by atoms with Crippen molar-refractivity contribution < 1.29 is 4.79 Å². The van der Waals surface area contributed by atoms with E-state index >= 15 is 0 Å². The average molecular weight is 262 g/mol. The van der Waals surface area contributed by atoms with Crippen LogP contribution in [0, 0.1) is 0 Å². The van der Waals surface area contributed by atoms with E-state index in [4.69, 9.17) is 5.73 Å². The fourth-order valence-electron chi connectivity index (χ4n) is 2.56. The van der Waals surface area contributed by atoms with E-state index in [2.05, 4.69) is 29.0 Å². The minimum absolute atomic E-state index is 0.0298. The van der Waals surface area contributed by atoms with Crippen molar-refractivity contribution in [3.63, 3.8) is 0 Å². The van der Waals surface area contributed by atoms with Gasteiger partial charge in [0.2, 0.25) is 5.91 Å². The highest BCUT2D eigenvalue weighted by molar-refractivity contribution is 5.82. The molecular formula is C14H22N4O. The Balaban J connectivity index is 2.27. The Morgan fingerprint density at radius 1 is 1.47 bits per heavy atom. The molecule has 0 aromatic carbocycles. The molecule has 0 radical (unpaired) electrons. The van der Waals surface area contributed by atoms with Gasteiger partial charge in [-0.25, -0.2) is 0 Å². The first kappa shape index (κ1) is 14.0. The van der Waals surface area contributed by atoms with E-state index in [1.165, 1.54) is 0 Å². The molecule has 1 aliphatic rings. The minimum Gasteiger partial charge on any atom is -0.355 e. The van der Waals surface area contributed by atoms with Gasteiger partial charge in [0.1, 0.15) is 6.04 Å². The summed E-state index contributed by atoms with van der Waals surface area (Å²) in [5.74, 6) is 0.0298. The summed E-state index contributed by atoms with van der Waals surface area (Å²) in [4.78, 5) is 18.3. The molecule has 1 aliphatic heterocycles. The molecule has 1 fully saturated rings. The molecule has 1 saturated heterocycles. The molecule has 3 N–H and O–H groups in total. The van der Waals surface area contributed by atoms with Crippen LogP contribution in [-0.4, -0.2) is 40.5 Å². The summed E-state index contributed by atoms with van der Waals surface area (Å²) in [7, 11) is 0. The molecule has 2 rings (SSSR count). The van der Waals surface area contributed by atoms with Gasteiger partial charge in [0.05, 0.1) is 0 Å². The standard InChI is InChI=1S/C14H22N4O/c1-14(2)5-8-17-13(19)12(9-15)18(14)10-11-3-6-16-7-4-11/h3-4,6-7,12H,5,8-10,15H2,1-2H3,(H,17,19). The van der Waals surface area contributed by atoms with E-state index < -0.39 is 0 Å². The lowest BCUT2D eigenvalue weighted by Gasteiger charge is -2.40. The van der Waals surface area contributed by atoms with E-state index in [1.54, 1.807) is 12.4 Å². The van der Waals surface area contributed by atoms with Crippen molar-refractivity contribution in [1.82, 2.24) is 15.2 Å². The molecule has 5 nitrogen and oxygen atoms in total. The zero-order valence-corrected chi connectivity index (χ0v) is 11.6. The monoisotopic (exact) mass is 262 g/mol. The molecule has 1 unspecified atom stereocenters. The number of hydrogen-bond donors (Lipinski definition) is 2. The normalized spacial score (nSPS) is 23.7. The van der Waals surface area contributed by atoms with Gasteiger partial charge >= 0.3 is 0 Å². The van der Waals surface area contributed by atoms with E-state index in [1.807, 2.05) is 12.1 Å². The lowest BCUT2D eigenvalue weighted by molar-refractivity contribution is -0.126. The number of amides is 1. The van der Waals surface area contributed by atoms with Crippen LogP contribution in [0.5, 0.6) is 0 Å². The fraction of sp³-hybridized carbons (Fsp3) is 0.571. The quantitative estimate of drug-likeness (QED) is 0.832. The molecule has 0 saturated carbocycles. The zero-order valence-electron chi connectivity index (χ0n) is 11.6. The maximum absolute atomic E-state index is 12.1. The van der Waals surface area contributed by atoms with Crippen LogP contribution in [0.2, 0.25) is 0 Å². The summed E-state index contributed by atoms with van der Waals surface area (Å²) in [6.45, 7) is 6.08. The van der Waals surface area contributed by atoms with Gasteiger partial charge < -0.3 is 11.1 Å². The van der Waals surface area contributed by atoms with E-state index in [9.17, 15) is 4.79 Å². The Hall–Kier alpha value is -1.46. The van der Waals surface area contributed by atoms with E-state index in [-0.39, 0.29) is 17.5 Å². The van der Waals surface area contributed by atoms with Gasteiger partial charge in [-0.05, 0) is 38.0 Å². The van der Waals surface area contributed by atoms with Crippen LogP contribution >= 0.6 is 0 Å². The summed E-state index contributed by atoms with van der Waals surface area (Å²) < 4.78 is 0. The van der Waals surface area contributed by atoms with Crippen molar-refractivity contribution in [3.8, 4) is 0 Å². The summed E-state index contributed by atoms with van der Waals surface area (Å²) in [5, 5.41) is 2.94. The van der Waals surface area contributed by atoms with Gasteiger partial charge in [0, 0.05) is 37.6 Å². The number of carbonyl (C=O) groups excluding carboxylic acids is 1. The summed E-state index contributed by atoms with van der Waals surface area (Å²) in [5.41, 5.74) is 6.90. The zero-order chi connectivity index (χ0) is 13.9. The molecule has 1 aromatic rings. The molecule has 5 heteroatoms. The molecule has 0 bridgehead atoms. The first-order valence-electron chi connectivity index (χ1n) is 6.68. The Morgan fingerprint density at radius 3 is 2.79 bits per heavy atom. The molecule has 0 spiro atoms. The van der Waals surface area contributed by atoms with Crippen molar-refractivity contribution in [2.75, 3.05) is 13.1 Å². The van der Waals surface area contributed by atoms with Gasteiger partial charge in [-0.3, -0.25) is 14.7 Å². The molecule has 2 heterocycles. The Morgan fingerprint density at radius 2 is 2.16 bits per heavy atom. The highest BCUT2D eigenvalue weighted by atomic mass is 16.2. The summed E-state index contributed by atoms with van der Waals surface area (Å²) >= 11 is 0. The van der Waals surface area contributed by atoms with Gasteiger partial charge in [0.25, 0.3) is 0 Å². The molecule has 104 valence electrons. The van der Waals surface area contributed by atoms with Crippen LogP contribution in [0.4, 0.5) is 0 Å². The topological polar surface area (TPSA) is 71.2 Å². The highest BCUT2D eigenvalue weighted by Crippen LogP contribution is 2.25. The smallest absolute Gasteiger partial charge is 0.238 e. The van der Waals surface area contributed by atoms with Crippen LogP contribution in [0.25, 0.3) is 0 Å². The summed E-state index contributed by atoms with van der Waals surface area (Å²) in [6, 6.07) is 3.68. The lowest BCUT2D eigenvalue weighted by Crippen LogP contribution is -2.55. The predicted octanol–water partition coefficient (Wildman–Crippen LogP) is 0.509. The second-order valence-electron chi connectivity index (χ2n) is 5.59. The van der Waals surface area contributed by atoms with Crippen molar-refractivity contribution >= 4 is 5.91 Å². The van der Waals surface area contributed by atoms with Gasteiger partial charge in [-0.1, -0.05) is 0 Å². The Kier molecular flexibility index (Phi) is 4.17. The molecule has 0 aliphatic carbocycles. The maximum atomic E-state index is 12.1. The highest BCUT2D eigenvalue weighted by Gasteiger charge is 2.37. The summed E-state index contributed by atoms with van der Waals surface area (Å²) in [6.07, 6.45) is 4.47. The van der Waals surface area contributed by atoms with Crippen molar-refractivity contribution in [1.29, 1.82) is 0 Å². The van der Waals surface area contributed by atoms with Crippen LogP contribution in [0.15, 0.2) is 24.5 Å². The number of nitrogens with zero attached hydrogens (tertiary/aromatic N) is 2. The van der Waals surface area contributed by atoms with Gasteiger partial charge in [-0.15, -0.1) is 0 Å². The fourth-order valence-corrected chi connectivity index (χ4v) is 2.56. The Labute approximate surface area is 114 Å². The lowest BCUT2D eigenvalue weighted by atomic mass is 9.96. The van der Waals surface area contributed by atoms with Crippen LogP contribution in [0.3, 0.4) is 0 Å². The number of hydrogen-bond acceptors (Lipinski definition) is 4. The second kappa shape index (κ2) is 5.67. The third-order valence-electron chi connectivity index (χ3n) is 3.82. The third kappa shape index (κ3) is 3.11. The number of carbonyl (C=O) groups is 1. The minimum atomic E-state index is -0.273. The number of aromatic nitrogens is 1. The molecule has 1 amide bonds. The third-order valence-corrected chi connectivity index (χ3v) is 3.82. The van der Waals surface area contributed by atoms with E-state index in [0.717, 1.165) is 12.0 Å². The number of rotatable bonds is 3. The average Bonchev–Trinajstić information content (AvgIpc) is 2.48. The molecule has 1 atom stereocenters. The molecular weight excluding hydrogens is 240 g/mol. The number of nitrogens with one attached hydrogen (secondary N) is 1. The van der Waals surface area contributed by atoms with Crippen LogP contribution in [0.1, 0.15) is 25.8 Å². The number of nitrogens with two attached hydrogens (primary N) is 1. The Bertz CT molecular complexity index is 432. The molecule has 1 aromatic heterocycles. The SMILES string of the molecule is CC1(C)CCNC(=O)C(CN)N1Cc1ccncc1. The van der Waals surface area contributed by atoms with Crippen LogP contribution in [-0.2, 0) is 11.3 Å². The van der Waals surface area contributed by atoms with Gasteiger partial charge in [-0.2, -0.15) is 0 Å². The second-order valence-corrected chi connectivity index (χ2v) is 5.59. The van der Waals surface area contributed by atoms with Crippen LogP contribution < -0.4 is 11.1 Å². The van der Waals surface area contributed by atoms with Crippen molar-refractivity contribution in [2.24, 2.45) is 5.73 Å². The van der Waals surface area contributed by atoms with Gasteiger partial charge in [0.15, 0.2) is 0 Å². The first-order valence-corrected chi connectivity index (χ1v) is 6.68. The van der Waals surface area contributed by atoms with E-state index in [0.29, 0.717) is 19.6 Å². The first-order chi connectivity index (χ1) is 9.04. The van der Waals surface area contributed by atoms with Crippen molar-refractivity contribution in [2.45, 2.75) is 38.4 Å².